The zero-order chi connectivity index (χ0) is 12.1. The summed E-state index contributed by atoms with van der Waals surface area (Å²) < 4.78 is 2.07. The van der Waals surface area contributed by atoms with Crippen LogP contribution in [0.15, 0.2) is 23.0 Å². The SMILES string of the molecule is O=c1cccc2n1C[C@@H]1CCC[NH+]3CCC[C@H]2[C@H]13. The average Bonchev–Trinajstić information content (AvgIpc) is 2.41. The zero-order valence-corrected chi connectivity index (χ0v) is 10.8. The second kappa shape index (κ2) is 3.95. The molecule has 1 aromatic heterocycles. The van der Waals surface area contributed by atoms with Crippen molar-refractivity contribution >= 4 is 0 Å². The van der Waals surface area contributed by atoms with Crippen molar-refractivity contribution in [1.29, 1.82) is 0 Å². The van der Waals surface area contributed by atoms with Crippen LogP contribution in [0.4, 0.5) is 0 Å². The van der Waals surface area contributed by atoms with E-state index in [1.807, 2.05) is 11.0 Å². The highest BCUT2D eigenvalue weighted by Crippen LogP contribution is 2.36. The number of hydrogen-bond acceptors (Lipinski definition) is 1. The number of aromatic nitrogens is 1. The molecule has 96 valence electrons. The molecule has 1 N–H and O–H groups in total. The van der Waals surface area contributed by atoms with E-state index in [1.54, 1.807) is 6.07 Å². The monoisotopic (exact) mass is 245 g/mol. The maximum Gasteiger partial charge on any atom is 0.250 e. The van der Waals surface area contributed by atoms with E-state index >= 15 is 0 Å². The summed E-state index contributed by atoms with van der Waals surface area (Å²) in [5.41, 5.74) is 1.53. The first kappa shape index (κ1) is 10.8. The first-order valence-corrected chi connectivity index (χ1v) is 7.39. The van der Waals surface area contributed by atoms with E-state index in [0.29, 0.717) is 5.92 Å². The Morgan fingerprint density at radius 3 is 2.89 bits per heavy atom. The van der Waals surface area contributed by atoms with Crippen LogP contribution in [-0.4, -0.2) is 23.7 Å². The van der Waals surface area contributed by atoms with Gasteiger partial charge in [-0.1, -0.05) is 6.07 Å². The molecule has 0 spiro atoms. The van der Waals surface area contributed by atoms with Gasteiger partial charge in [0.1, 0.15) is 6.04 Å². The second-order valence-electron chi connectivity index (χ2n) is 6.23. The highest BCUT2D eigenvalue weighted by Gasteiger charge is 2.47. The first-order chi connectivity index (χ1) is 8.84. The third-order valence-corrected chi connectivity index (χ3v) is 5.38. The predicted octanol–water partition coefficient (Wildman–Crippen LogP) is 0.403. The predicted molar refractivity (Wildman–Crippen MR) is 69.9 cm³/mol. The van der Waals surface area contributed by atoms with Crippen molar-refractivity contribution in [1.82, 2.24) is 4.57 Å². The van der Waals surface area contributed by atoms with Crippen LogP contribution in [0.2, 0.25) is 0 Å². The van der Waals surface area contributed by atoms with Gasteiger partial charge in [0.25, 0.3) is 5.56 Å². The lowest BCUT2D eigenvalue weighted by Crippen LogP contribution is -3.19. The molecule has 3 nitrogen and oxygen atoms in total. The van der Waals surface area contributed by atoms with Crippen molar-refractivity contribution in [2.24, 2.45) is 5.92 Å². The molecule has 2 fully saturated rings. The van der Waals surface area contributed by atoms with Crippen LogP contribution >= 0.6 is 0 Å². The number of piperidine rings is 2. The number of fused-ring (bicyclic) bond motifs is 2. The molecule has 2 saturated heterocycles. The fourth-order valence-electron chi connectivity index (χ4n) is 4.73. The van der Waals surface area contributed by atoms with E-state index in [4.69, 9.17) is 0 Å². The molecular formula is C15H21N2O+. The van der Waals surface area contributed by atoms with Crippen LogP contribution in [0.3, 0.4) is 0 Å². The Morgan fingerprint density at radius 2 is 2.00 bits per heavy atom. The summed E-state index contributed by atoms with van der Waals surface area (Å²) in [6, 6.07) is 6.67. The Labute approximate surface area is 107 Å². The van der Waals surface area contributed by atoms with Gasteiger partial charge < -0.3 is 9.47 Å². The third-order valence-electron chi connectivity index (χ3n) is 5.38. The summed E-state index contributed by atoms with van der Waals surface area (Å²) in [4.78, 5) is 13.9. The van der Waals surface area contributed by atoms with Crippen molar-refractivity contribution in [3.05, 3.63) is 34.2 Å². The van der Waals surface area contributed by atoms with Crippen LogP contribution in [0.5, 0.6) is 0 Å². The normalized spacial score (nSPS) is 37.8. The Morgan fingerprint density at radius 1 is 1.17 bits per heavy atom. The number of nitrogens with one attached hydrogen (secondary N) is 1. The molecule has 1 aromatic rings. The maximum absolute atomic E-state index is 12.1. The molecule has 0 saturated carbocycles. The molecule has 3 heteroatoms. The number of quaternary nitrogens is 1. The van der Waals surface area contributed by atoms with Crippen molar-refractivity contribution < 1.29 is 4.90 Å². The highest BCUT2D eigenvalue weighted by atomic mass is 16.1. The van der Waals surface area contributed by atoms with Crippen LogP contribution in [0.1, 0.15) is 37.3 Å². The van der Waals surface area contributed by atoms with Gasteiger partial charge in [0, 0.05) is 24.2 Å². The fraction of sp³-hybridized carbons (Fsp3) is 0.667. The van der Waals surface area contributed by atoms with Crippen LogP contribution in [0, 0.1) is 5.92 Å². The van der Waals surface area contributed by atoms with Crippen LogP contribution in [-0.2, 0) is 6.54 Å². The van der Waals surface area contributed by atoms with Gasteiger partial charge in [-0.3, -0.25) is 4.79 Å². The standard InChI is InChI=1S/C15H20N2O/c18-14-7-1-6-13-12-5-3-9-16-8-2-4-11(15(12)16)10-17(13)14/h1,6-7,11-12,15H,2-5,8-10H2/p+1/t11-,12+,15-/m0/s1. The van der Waals surface area contributed by atoms with Gasteiger partial charge in [-0.05, 0) is 31.7 Å². The number of rotatable bonds is 0. The second-order valence-corrected chi connectivity index (χ2v) is 6.23. The molecule has 18 heavy (non-hydrogen) atoms. The Bertz CT molecular complexity index is 519. The van der Waals surface area contributed by atoms with E-state index in [1.165, 1.54) is 44.5 Å². The summed E-state index contributed by atoms with van der Waals surface area (Å²) in [7, 11) is 0. The van der Waals surface area contributed by atoms with E-state index in [9.17, 15) is 4.79 Å². The van der Waals surface area contributed by atoms with Crippen LogP contribution in [0.25, 0.3) is 0 Å². The lowest BCUT2D eigenvalue weighted by Gasteiger charge is -2.49. The highest BCUT2D eigenvalue weighted by molar-refractivity contribution is 5.18. The molecule has 4 heterocycles. The summed E-state index contributed by atoms with van der Waals surface area (Å²) in [5, 5.41) is 0. The molecule has 3 aliphatic rings. The fourth-order valence-corrected chi connectivity index (χ4v) is 4.73. The van der Waals surface area contributed by atoms with Gasteiger partial charge in [-0.25, -0.2) is 0 Å². The molecule has 4 rings (SSSR count). The van der Waals surface area contributed by atoms with E-state index in [-0.39, 0.29) is 5.56 Å². The number of pyridine rings is 1. The van der Waals surface area contributed by atoms with E-state index < -0.39 is 0 Å². The molecule has 0 bridgehead atoms. The molecular weight excluding hydrogens is 224 g/mol. The van der Waals surface area contributed by atoms with Gasteiger partial charge in [0.05, 0.1) is 19.0 Å². The lowest BCUT2D eigenvalue weighted by molar-refractivity contribution is -0.942. The third kappa shape index (κ3) is 1.43. The quantitative estimate of drug-likeness (QED) is 0.704. The zero-order valence-electron chi connectivity index (χ0n) is 10.8. The molecule has 0 amide bonds. The smallest absolute Gasteiger partial charge is 0.250 e. The van der Waals surface area contributed by atoms with Gasteiger partial charge in [-0.15, -0.1) is 0 Å². The van der Waals surface area contributed by atoms with Crippen molar-refractivity contribution in [2.75, 3.05) is 13.1 Å². The topological polar surface area (TPSA) is 26.4 Å². The van der Waals surface area contributed by atoms with Crippen molar-refractivity contribution in [3.8, 4) is 0 Å². The Hall–Kier alpha value is -1.09. The van der Waals surface area contributed by atoms with E-state index in [0.717, 1.165) is 18.5 Å². The number of hydrogen-bond donors (Lipinski definition) is 1. The minimum Gasteiger partial charge on any atom is -0.332 e. The lowest BCUT2D eigenvalue weighted by atomic mass is 9.73. The van der Waals surface area contributed by atoms with Crippen molar-refractivity contribution in [3.63, 3.8) is 0 Å². The molecule has 0 aliphatic carbocycles. The summed E-state index contributed by atoms with van der Waals surface area (Å²) in [5.74, 6) is 1.38. The minimum atomic E-state index is 0.212. The first-order valence-electron chi connectivity index (χ1n) is 7.39. The van der Waals surface area contributed by atoms with E-state index in [2.05, 4.69) is 10.6 Å². The molecule has 0 radical (unpaired) electrons. The van der Waals surface area contributed by atoms with Gasteiger partial charge in [-0.2, -0.15) is 0 Å². The summed E-state index contributed by atoms with van der Waals surface area (Å²) in [6.45, 7) is 3.68. The molecule has 4 atom stereocenters. The minimum absolute atomic E-state index is 0.212. The maximum atomic E-state index is 12.1. The molecule has 1 unspecified atom stereocenters. The van der Waals surface area contributed by atoms with Crippen molar-refractivity contribution in [2.45, 2.75) is 44.2 Å². The molecule has 3 aliphatic heterocycles. The molecule has 0 aromatic carbocycles. The largest absolute Gasteiger partial charge is 0.332 e. The Kier molecular flexibility index (Phi) is 2.37. The van der Waals surface area contributed by atoms with Gasteiger partial charge in [0.2, 0.25) is 0 Å². The van der Waals surface area contributed by atoms with Gasteiger partial charge >= 0.3 is 0 Å². The summed E-state index contributed by atoms with van der Waals surface area (Å²) in [6.07, 6.45) is 5.28. The Balaban J connectivity index is 1.84. The average molecular weight is 245 g/mol. The van der Waals surface area contributed by atoms with Gasteiger partial charge in [0.15, 0.2) is 0 Å². The van der Waals surface area contributed by atoms with Crippen LogP contribution < -0.4 is 10.5 Å². The summed E-state index contributed by atoms with van der Waals surface area (Å²) >= 11 is 0. The number of nitrogens with zero attached hydrogens (tertiary/aromatic N) is 1.